The van der Waals surface area contributed by atoms with E-state index in [1.807, 2.05) is 0 Å². The summed E-state index contributed by atoms with van der Waals surface area (Å²) >= 11 is 0. The number of hydroxylamine groups is 2. The van der Waals surface area contributed by atoms with Crippen LogP contribution >= 0.6 is 0 Å². The topological polar surface area (TPSA) is 24.5 Å². The van der Waals surface area contributed by atoms with Crippen molar-refractivity contribution in [2.75, 3.05) is 33.8 Å². The fourth-order valence-electron chi connectivity index (χ4n) is 0.782. The van der Waals surface area contributed by atoms with Crippen molar-refractivity contribution in [2.45, 2.75) is 12.6 Å². The van der Waals surface area contributed by atoms with Crippen LogP contribution in [0, 0.1) is 0 Å². The van der Waals surface area contributed by atoms with Gasteiger partial charge in [-0.3, -0.25) is 0 Å². The predicted octanol–water partition coefficient (Wildman–Crippen LogP) is 1.02. The van der Waals surface area contributed by atoms with Crippen molar-refractivity contribution in [1.29, 1.82) is 0 Å². The average Bonchev–Trinajstić information content (AvgIpc) is 2.03. The quantitative estimate of drug-likeness (QED) is 0.648. The maximum atomic E-state index is 11.8. The lowest BCUT2D eigenvalue weighted by molar-refractivity contribution is -0.177. The van der Waals surface area contributed by atoms with Gasteiger partial charge in [-0.05, 0) is 7.05 Å². The Labute approximate surface area is 75.8 Å². The van der Waals surface area contributed by atoms with Crippen LogP contribution in [-0.2, 0) is 4.84 Å². The third kappa shape index (κ3) is 8.01. The van der Waals surface area contributed by atoms with Crippen LogP contribution < -0.4 is 5.32 Å². The third-order valence-corrected chi connectivity index (χ3v) is 1.51. The van der Waals surface area contributed by atoms with Gasteiger partial charge in [0.1, 0.15) is 0 Å². The van der Waals surface area contributed by atoms with Gasteiger partial charge in [0.25, 0.3) is 0 Å². The lowest BCUT2D eigenvalue weighted by Gasteiger charge is -2.19. The van der Waals surface area contributed by atoms with E-state index in [0.717, 1.165) is 0 Å². The second-order valence-corrected chi connectivity index (χ2v) is 2.58. The Morgan fingerprint density at radius 1 is 1.31 bits per heavy atom. The van der Waals surface area contributed by atoms with Crippen LogP contribution in [0.4, 0.5) is 13.2 Å². The molecule has 0 aliphatic heterocycles. The van der Waals surface area contributed by atoms with Crippen molar-refractivity contribution in [1.82, 2.24) is 10.4 Å². The first kappa shape index (κ1) is 12.7. The molecule has 0 amide bonds. The highest BCUT2D eigenvalue weighted by Gasteiger charge is 2.27. The summed E-state index contributed by atoms with van der Waals surface area (Å²) in [5, 5.41) is 4.11. The molecule has 0 saturated carbocycles. The van der Waals surface area contributed by atoms with Crippen molar-refractivity contribution < 1.29 is 18.0 Å². The molecule has 0 rings (SSSR count). The van der Waals surface area contributed by atoms with E-state index in [0.29, 0.717) is 13.1 Å². The van der Waals surface area contributed by atoms with Crippen LogP contribution in [0.2, 0.25) is 0 Å². The SMILES string of the molecule is CNCCN(CCC(F)(F)F)OC. The van der Waals surface area contributed by atoms with Gasteiger partial charge in [-0.15, -0.1) is 0 Å². The molecule has 0 unspecified atom stereocenters. The molecule has 1 N–H and O–H groups in total. The van der Waals surface area contributed by atoms with Gasteiger partial charge in [-0.1, -0.05) is 0 Å². The molecule has 0 bridgehead atoms. The zero-order valence-electron chi connectivity index (χ0n) is 7.82. The molecule has 0 aromatic carbocycles. The van der Waals surface area contributed by atoms with E-state index < -0.39 is 12.6 Å². The molecular weight excluding hydrogens is 185 g/mol. The number of hydrogen-bond acceptors (Lipinski definition) is 3. The Balaban J connectivity index is 3.59. The van der Waals surface area contributed by atoms with Gasteiger partial charge in [-0.2, -0.15) is 18.2 Å². The first-order valence-electron chi connectivity index (χ1n) is 4.00. The first-order chi connectivity index (χ1) is 5.99. The molecule has 6 heteroatoms. The van der Waals surface area contributed by atoms with Gasteiger partial charge in [0, 0.05) is 19.6 Å². The van der Waals surface area contributed by atoms with Crippen molar-refractivity contribution in [3.63, 3.8) is 0 Å². The van der Waals surface area contributed by atoms with Gasteiger partial charge in [0.2, 0.25) is 0 Å². The van der Waals surface area contributed by atoms with Crippen molar-refractivity contribution in [3.05, 3.63) is 0 Å². The molecule has 0 aliphatic carbocycles. The van der Waals surface area contributed by atoms with Crippen molar-refractivity contribution in [2.24, 2.45) is 0 Å². The summed E-state index contributed by atoms with van der Waals surface area (Å²) in [5.74, 6) is 0. The zero-order chi connectivity index (χ0) is 10.3. The first-order valence-corrected chi connectivity index (χ1v) is 4.00. The molecule has 3 nitrogen and oxygen atoms in total. The van der Waals surface area contributed by atoms with Crippen LogP contribution in [0.3, 0.4) is 0 Å². The number of nitrogens with zero attached hydrogens (tertiary/aromatic N) is 1. The van der Waals surface area contributed by atoms with E-state index in [4.69, 9.17) is 4.84 Å². The summed E-state index contributed by atoms with van der Waals surface area (Å²) in [6.45, 7) is 0.927. The van der Waals surface area contributed by atoms with Gasteiger partial charge in [0.15, 0.2) is 0 Å². The Morgan fingerprint density at radius 3 is 2.31 bits per heavy atom. The minimum atomic E-state index is -4.11. The smallest absolute Gasteiger partial charge is 0.318 e. The highest BCUT2D eigenvalue weighted by atomic mass is 19.4. The molecular formula is C7H15F3N2O. The van der Waals surface area contributed by atoms with Crippen molar-refractivity contribution >= 4 is 0 Å². The largest absolute Gasteiger partial charge is 0.390 e. The minimum absolute atomic E-state index is 0.123. The van der Waals surface area contributed by atoms with Crippen LogP contribution in [0.1, 0.15) is 6.42 Å². The maximum Gasteiger partial charge on any atom is 0.390 e. The molecule has 0 fully saturated rings. The van der Waals surface area contributed by atoms with Gasteiger partial charge >= 0.3 is 6.18 Å². The summed E-state index contributed by atoms with van der Waals surface area (Å²) in [7, 11) is 3.10. The molecule has 80 valence electrons. The Kier molecular flexibility index (Phi) is 6.02. The number of rotatable bonds is 6. The second kappa shape index (κ2) is 6.17. The average molecular weight is 200 g/mol. The maximum absolute atomic E-state index is 11.8. The van der Waals surface area contributed by atoms with Crippen LogP contribution in [0.25, 0.3) is 0 Å². The zero-order valence-corrected chi connectivity index (χ0v) is 7.82. The highest BCUT2D eigenvalue weighted by molar-refractivity contribution is 4.55. The molecule has 0 aliphatic rings. The number of likely N-dealkylation sites (N-methyl/N-ethyl adjacent to an activating group) is 1. The number of hydrogen-bond donors (Lipinski definition) is 1. The molecule has 0 aromatic rings. The van der Waals surface area contributed by atoms with Gasteiger partial charge in [0.05, 0.1) is 13.5 Å². The van der Waals surface area contributed by atoms with Gasteiger partial charge in [-0.25, -0.2) is 0 Å². The van der Waals surface area contributed by atoms with E-state index in [1.54, 1.807) is 7.05 Å². The summed E-state index contributed by atoms with van der Waals surface area (Å²) in [6.07, 6.45) is -4.96. The van der Waals surface area contributed by atoms with Crippen LogP contribution in [-0.4, -0.2) is 45.0 Å². The summed E-state index contributed by atoms with van der Waals surface area (Å²) in [6, 6.07) is 0. The lowest BCUT2D eigenvalue weighted by Crippen LogP contribution is -2.32. The summed E-state index contributed by atoms with van der Waals surface area (Å²) in [5.41, 5.74) is 0. The Bertz CT molecular complexity index is 129. The van der Waals surface area contributed by atoms with Crippen LogP contribution in [0.15, 0.2) is 0 Å². The van der Waals surface area contributed by atoms with Crippen molar-refractivity contribution in [3.8, 4) is 0 Å². The normalized spacial score (nSPS) is 12.5. The molecule has 0 radical (unpaired) electrons. The third-order valence-electron chi connectivity index (χ3n) is 1.51. The second-order valence-electron chi connectivity index (χ2n) is 2.58. The fourth-order valence-corrected chi connectivity index (χ4v) is 0.782. The molecule has 0 saturated heterocycles. The standard InChI is InChI=1S/C7H15F3N2O/c1-11-4-6-12(13-2)5-3-7(8,9)10/h11H,3-6H2,1-2H3. The monoisotopic (exact) mass is 200 g/mol. The number of halogens is 3. The Morgan fingerprint density at radius 2 is 1.92 bits per heavy atom. The predicted molar refractivity (Wildman–Crippen MR) is 43.2 cm³/mol. The molecule has 13 heavy (non-hydrogen) atoms. The number of nitrogens with one attached hydrogen (secondary N) is 1. The van der Waals surface area contributed by atoms with E-state index in [-0.39, 0.29) is 6.54 Å². The van der Waals surface area contributed by atoms with E-state index in [1.165, 1.54) is 12.2 Å². The van der Waals surface area contributed by atoms with E-state index in [2.05, 4.69) is 5.32 Å². The highest BCUT2D eigenvalue weighted by Crippen LogP contribution is 2.19. The molecule has 0 heterocycles. The van der Waals surface area contributed by atoms with E-state index in [9.17, 15) is 13.2 Å². The fraction of sp³-hybridized carbons (Fsp3) is 1.00. The minimum Gasteiger partial charge on any atom is -0.318 e. The lowest BCUT2D eigenvalue weighted by atomic mass is 10.4. The van der Waals surface area contributed by atoms with E-state index >= 15 is 0 Å². The molecule has 0 atom stereocenters. The molecule has 0 spiro atoms. The van der Waals surface area contributed by atoms with Gasteiger partial charge < -0.3 is 10.2 Å². The Hall–Kier alpha value is -0.330. The molecule has 0 aromatic heterocycles. The number of alkyl halides is 3. The summed E-state index contributed by atoms with van der Waals surface area (Å²) in [4.78, 5) is 4.74. The summed E-state index contributed by atoms with van der Waals surface area (Å²) < 4.78 is 35.3. The van der Waals surface area contributed by atoms with Crippen LogP contribution in [0.5, 0.6) is 0 Å².